The van der Waals surface area contributed by atoms with Crippen LogP contribution in [0.15, 0.2) is 199 Å². The summed E-state index contributed by atoms with van der Waals surface area (Å²) in [6, 6.07) is 67.9. The summed E-state index contributed by atoms with van der Waals surface area (Å²) in [5.74, 6) is 2.32. The molecule has 2 aliphatic heterocycles. The molecule has 7 nitrogen and oxygen atoms in total. The zero-order valence-corrected chi connectivity index (χ0v) is 36.6. The van der Waals surface area contributed by atoms with Crippen molar-refractivity contribution >= 4 is 45.2 Å². The monoisotopic (exact) mass is 840 g/mol. The highest BCUT2D eigenvalue weighted by atomic mass is 16.3. The summed E-state index contributed by atoms with van der Waals surface area (Å²) in [5, 5.41) is 0. The molecule has 0 bridgehead atoms. The molecule has 10 aromatic rings. The van der Waals surface area contributed by atoms with Gasteiger partial charge in [-0.3, -0.25) is 0 Å². The number of oxazole rings is 1. The van der Waals surface area contributed by atoms with Crippen molar-refractivity contribution in [2.24, 2.45) is 0 Å². The number of rotatable bonds is 6. The average molecular weight is 841 g/mol. The van der Waals surface area contributed by atoms with Crippen molar-refractivity contribution in [1.82, 2.24) is 19.9 Å². The van der Waals surface area contributed by atoms with Crippen molar-refractivity contribution in [1.29, 1.82) is 0 Å². The standard InChI is InChI=1S/C58H44N6O/c1-57(2)43-15-5-10-20-48(43)63(49-21-11-6-16-44(49)57)41-33-29-38(30-34-41)54-60-53(37-25-27-40(28-26-37)56-59-47-19-9-14-24-52(47)65-56)61-55(62-54)39-31-35-42(36-32-39)64-50-22-12-7-17-45(50)58(3,4)46-18-8-13-23-51(46)64/h5-36H,1-4H3. The molecule has 8 aromatic carbocycles. The van der Waals surface area contributed by atoms with Gasteiger partial charge in [-0.25, -0.2) is 19.9 Å². The Bertz CT molecular complexity index is 3140. The summed E-state index contributed by atoms with van der Waals surface area (Å²) >= 11 is 0. The Kier molecular flexibility index (Phi) is 8.72. The molecule has 0 radical (unpaired) electrons. The van der Waals surface area contributed by atoms with Crippen LogP contribution in [-0.2, 0) is 10.8 Å². The van der Waals surface area contributed by atoms with Crippen molar-refractivity contribution in [2.45, 2.75) is 38.5 Å². The fourth-order valence-corrected chi connectivity index (χ4v) is 9.93. The molecule has 4 heterocycles. The van der Waals surface area contributed by atoms with Crippen molar-refractivity contribution in [3.8, 4) is 45.6 Å². The lowest BCUT2D eigenvalue weighted by atomic mass is 9.73. The van der Waals surface area contributed by atoms with Crippen LogP contribution >= 0.6 is 0 Å². The van der Waals surface area contributed by atoms with E-state index in [4.69, 9.17) is 24.4 Å². The van der Waals surface area contributed by atoms with Crippen LogP contribution in [0.3, 0.4) is 0 Å². The first kappa shape index (κ1) is 38.5. The second-order valence-corrected chi connectivity index (χ2v) is 18.0. The molecular formula is C58H44N6O. The molecule has 0 atom stereocenters. The lowest BCUT2D eigenvalue weighted by molar-refractivity contribution is 0.620. The van der Waals surface area contributed by atoms with Gasteiger partial charge >= 0.3 is 0 Å². The van der Waals surface area contributed by atoms with E-state index in [2.05, 4.69) is 183 Å². The molecule has 0 saturated heterocycles. The molecule has 0 amide bonds. The van der Waals surface area contributed by atoms with Crippen molar-refractivity contribution in [3.63, 3.8) is 0 Å². The molecule has 2 aliphatic rings. The topological polar surface area (TPSA) is 71.2 Å². The molecule has 7 heteroatoms. The number of hydrogen-bond donors (Lipinski definition) is 0. The third-order valence-electron chi connectivity index (χ3n) is 13.4. The van der Waals surface area contributed by atoms with E-state index < -0.39 is 0 Å². The number of aromatic nitrogens is 4. The summed E-state index contributed by atoms with van der Waals surface area (Å²) in [6.45, 7) is 9.24. The minimum Gasteiger partial charge on any atom is -0.436 e. The summed E-state index contributed by atoms with van der Waals surface area (Å²) in [7, 11) is 0. The molecule has 0 unspecified atom stereocenters. The minimum atomic E-state index is -0.139. The Hall–Kier alpha value is -8.16. The van der Waals surface area contributed by atoms with Crippen molar-refractivity contribution < 1.29 is 4.42 Å². The van der Waals surface area contributed by atoms with Gasteiger partial charge in [-0.1, -0.05) is 125 Å². The predicted molar refractivity (Wildman–Crippen MR) is 263 cm³/mol. The quantitative estimate of drug-likeness (QED) is 0.165. The Morgan fingerprint density at radius 2 is 0.662 bits per heavy atom. The van der Waals surface area contributed by atoms with E-state index in [1.54, 1.807) is 0 Å². The molecule has 65 heavy (non-hydrogen) atoms. The van der Waals surface area contributed by atoms with Crippen LogP contribution in [-0.4, -0.2) is 19.9 Å². The predicted octanol–water partition coefficient (Wildman–Crippen LogP) is 14.9. The smallest absolute Gasteiger partial charge is 0.227 e. The van der Waals surface area contributed by atoms with Crippen LogP contribution in [0.5, 0.6) is 0 Å². The van der Waals surface area contributed by atoms with Crippen molar-refractivity contribution in [3.05, 3.63) is 216 Å². The minimum absolute atomic E-state index is 0.139. The van der Waals surface area contributed by atoms with Crippen LogP contribution in [0.25, 0.3) is 56.7 Å². The average Bonchev–Trinajstić information content (AvgIpc) is 3.79. The molecule has 0 saturated carbocycles. The highest BCUT2D eigenvalue weighted by Gasteiger charge is 2.38. The molecule has 312 valence electrons. The van der Waals surface area contributed by atoms with Gasteiger partial charge in [0.25, 0.3) is 0 Å². The number of para-hydroxylation sites is 6. The van der Waals surface area contributed by atoms with Crippen LogP contribution < -0.4 is 9.80 Å². The van der Waals surface area contributed by atoms with Gasteiger partial charge in [-0.05, 0) is 119 Å². The van der Waals surface area contributed by atoms with E-state index >= 15 is 0 Å². The van der Waals surface area contributed by atoms with Gasteiger partial charge < -0.3 is 14.2 Å². The first-order chi connectivity index (χ1) is 31.7. The Balaban J connectivity index is 0.946. The van der Waals surface area contributed by atoms with E-state index in [1.165, 1.54) is 45.0 Å². The van der Waals surface area contributed by atoms with E-state index in [0.717, 1.165) is 44.7 Å². The van der Waals surface area contributed by atoms with Gasteiger partial charge in [0.2, 0.25) is 5.89 Å². The largest absolute Gasteiger partial charge is 0.436 e. The van der Waals surface area contributed by atoms with Crippen LogP contribution in [0.2, 0.25) is 0 Å². The molecule has 12 rings (SSSR count). The first-order valence-corrected chi connectivity index (χ1v) is 22.1. The highest BCUT2D eigenvalue weighted by molar-refractivity contribution is 5.88. The zero-order valence-electron chi connectivity index (χ0n) is 36.6. The Morgan fingerprint density at radius 3 is 1.05 bits per heavy atom. The Labute approximate surface area is 378 Å². The van der Waals surface area contributed by atoms with Gasteiger partial charge in [-0.2, -0.15) is 0 Å². The number of fused-ring (bicyclic) bond motifs is 5. The van der Waals surface area contributed by atoms with Gasteiger partial charge in [0.1, 0.15) is 5.52 Å². The lowest BCUT2D eigenvalue weighted by Crippen LogP contribution is -2.30. The van der Waals surface area contributed by atoms with Crippen molar-refractivity contribution in [2.75, 3.05) is 9.80 Å². The Morgan fingerprint density at radius 1 is 0.338 bits per heavy atom. The molecule has 0 spiro atoms. The first-order valence-electron chi connectivity index (χ1n) is 22.1. The molecule has 0 N–H and O–H groups in total. The SMILES string of the molecule is CC1(C)c2ccccc2N(c2ccc(-c3nc(-c4ccc(-c5nc6ccccc6o5)cc4)nc(-c4ccc(N5c6ccccc6C(C)(C)c6ccccc65)cc4)n3)cc2)c2ccccc21. The van der Waals surface area contributed by atoms with E-state index in [9.17, 15) is 0 Å². The zero-order chi connectivity index (χ0) is 43.9. The molecular weight excluding hydrogens is 797 g/mol. The second-order valence-electron chi connectivity index (χ2n) is 18.0. The maximum absolute atomic E-state index is 6.10. The fourth-order valence-electron chi connectivity index (χ4n) is 9.93. The van der Waals surface area contributed by atoms with E-state index in [-0.39, 0.29) is 10.8 Å². The maximum atomic E-state index is 6.10. The second kappa shape index (κ2) is 14.7. The summed E-state index contributed by atoms with van der Waals surface area (Å²) < 4.78 is 6.10. The van der Waals surface area contributed by atoms with E-state index in [0.29, 0.717) is 23.4 Å². The van der Waals surface area contributed by atoms with Crippen LogP contribution in [0.1, 0.15) is 49.9 Å². The third-order valence-corrected chi connectivity index (χ3v) is 13.4. The fraction of sp³-hybridized carbons (Fsp3) is 0.103. The number of nitrogens with zero attached hydrogens (tertiary/aromatic N) is 6. The molecule has 2 aromatic heterocycles. The van der Waals surface area contributed by atoms with Crippen LogP contribution in [0, 0.1) is 0 Å². The third kappa shape index (κ3) is 6.26. The highest BCUT2D eigenvalue weighted by Crippen LogP contribution is 2.53. The van der Waals surface area contributed by atoms with Gasteiger partial charge in [-0.15, -0.1) is 0 Å². The van der Waals surface area contributed by atoms with E-state index in [1.807, 2.05) is 48.5 Å². The summed E-state index contributed by atoms with van der Waals surface area (Å²) in [5.41, 5.74) is 16.8. The van der Waals surface area contributed by atoms with Gasteiger partial charge in [0.15, 0.2) is 23.1 Å². The number of anilines is 6. The summed E-state index contributed by atoms with van der Waals surface area (Å²) in [4.78, 5) is 24.9. The number of benzene rings is 8. The number of hydrogen-bond acceptors (Lipinski definition) is 7. The molecule has 0 aliphatic carbocycles. The summed E-state index contributed by atoms with van der Waals surface area (Å²) in [6.07, 6.45) is 0. The molecule has 0 fully saturated rings. The van der Waals surface area contributed by atoms with Gasteiger partial charge in [0.05, 0.1) is 22.7 Å². The lowest BCUT2D eigenvalue weighted by Gasteiger charge is -2.42. The normalized spacial score (nSPS) is 14.3. The van der Waals surface area contributed by atoms with Crippen LogP contribution in [0.4, 0.5) is 34.1 Å². The van der Waals surface area contributed by atoms with Gasteiger partial charge in [0, 0.05) is 44.5 Å². The maximum Gasteiger partial charge on any atom is 0.227 e.